The number of piperazine rings is 1. The fourth-order valence-electron chi connectivity index (χ4n) is 3.53. The molecule has 0 atom stereocenters. The van der Waals surface area contributed by atoms with E-state index in [1.807, 2.05) is 13.8 Å². The van der Waals surface area contributed by atoms with Crippen LogP contribution in [0.1, 0.15) is 33.2 Å². The van der Waals surface area contributed by atoms with Gasteiger partial charge in [0.1, 0.15) is 5.76 Å². The van der Waals surface area contributed by atoms with E-state index in [2.05, 4.69) is 15.3 Å². The second-order valence-corrected chi connectivity index (χ2v) is 7.38. The first kappa shape index (κ1) is 19.8. The molecule has 2 aromatic heterocycles. The van der Waals surface area contributed by atoms with E-state index in [1.54, 1.807) is 41.0 Å². The zero-order valence-electron chi connectivity index (χ0n) is 17.2. The van der Waals surface area contributed by atoms with Crippen LogP contribution >= 0.6 is 0 Å². The standard InChI is InChI=1S/C21H23N5O4/c1-13-18(14(2)29-23-13)12-19(27)25-8-10-26(11-9-25)21(28)17-6-4-16(5-7-17)20-22-15(3)24-30-20/h4-7H,8-12H2,1-3H3. The summed E-state index contributed by atoms with van der Waals surface area (Å²) < 4.78 is 10.3. The number of carbonyl (C=O) groups excluding carboxylic acids is 2. The first-order chi connectivity index (χ1) is 14.4. The van der Waals surface area contributed by atoms with E-state index in [-0.39, 0.29) is 18.2 Å². The second kappa shape index (κ2) is 8.10. The van der Waals surface area contributed by atoms with Crippen LogP contribution < -0.4 is 0 Å². The molecule has 0 spiro atoms. The molecule has 3 heterocycles. The molecule has 1 aromatic carbocycles. The van der Waals surface area contributed by atoms with Gasteiger partial charge in [-0.2, -0.15) is 4.98 Å². The van der Waals surface area contributed by atoms with Gasteiger partial charge in [0.2, 0.25) is 5.91 Å². The molecule has 9 heteroatoms. The van der Waals surface area contributed by atoms with Crippen molar-refractivity contribution in [2.24, 2.45) is 0 Å². The molecule has 30 heavy (non-hydrogen) atoms. The zero-order valence-corrected chi connectivity index (χ0v) is 17.2. The van der Waals surface area contributed by atoms with Gasteiger partial charge in [-0.1, -0.05) is 10.3 Å². The highest BCUT2D eigenvalue weighted by atomic mass is 16.5. The topological polar surface area (TPSA) is 106 Å². The monoisotopic (exact) mass is 409 g/mol. The Morgan fingerprint density at radius 2 is 1.60 bits per heavy atom. The van der Waals surface area contributed by atoms with Crippen LogP contribution in [0.4, 0.5) is 0 Å². The number of hydrogen-bond donors (Lipinski definition) is 0. The summed E-state index contributed by atoms with van der Waals surface area (Å²) in [5.74, 6) is 1.63. The second-order valence-electron chi connectivity index (χ2n) is 7.38. The van der Waals surface area contributed by atoms with Crippen LogP contribution in [0.15, 0.2) is 33.3 Å². The van der Waals surface area contributed by atoms with Gasteiger partial charge in [-0.3, -0.25) is 9.59 Å². The largest absolute Gasteiger partial charge is 0.361 e. The van der Waals surface area contributed by atoms with Crippen molar-refractivity contribution in [2.75, 3.05) is 26.2 Å². The Morgan fingerprint density at radius 3 is 2.17 bits per heavy atom. The molecule has 4 rings (SSSR count). The number of nitrogens with zero attached hydrogens (tertiary/aromatic N) is 5. The number of amides is 2. The van der Waals surface area contributed by atoms with Crippen molar-refractivity contribution in [3.8, 4) is 11.5 Å². The lowest BCUT2D eigenvalue weighted by molar-refractivity contribution is -0.131. The van der Waals surface area contributed by atoms with E-state index in [9.17, 15) is 9.59 Å². The third kappa shape index (κ3) is 3.96. The zero-order chi connectivity index (χ0) is 21.3. The molecule has 3 aromatic rings. The lowest BCUT2D eigenvalue weighted by Gasteiger charge is -2.35. The molecule has 0 N–H and O–H groups in total. The SMILES string of the molecule is Cc1noc(-c2ccc(C(=O)N3CCN(C(=O)Cc4c(C)noc4C)CC3)cc2)n1. The molecule has 1 saturated heterocycles. The van der Waals surface area contributed by atoms with Crippen LogP contribution in [0.3, 0.4) is 0 Å². The Bertz CT molecular complexity index is 1040. The highest BCUT2D eigenvalue weighted by Gasteiger charge is 2.26. The molecule has 0 bridgehead atoms. The number of aromatic nitrogens is 3. The minimum atomic E-state index is -0.0546. The molecule has 1 aliphatic heterocycles. The molecule has 1 aliphatic rings. The van der Waals surface area contributed by atoms with Gasteiger partial charge >= 0.3 is 0 Å². The van der Waals surface area contributed by atoms with E-state index in [0.29, 0.717) is 49.2 Å². The van der Waals surface area contributed by atoms with Crippen LogP contribution in [0, 0.1) is 20.8 Å². The molecule has 0 unspecified atom stereocenters. The quantitative estimate of drug-likeness (QED) is 0.650. The fourth-order valence-corrected chi connectivity index (χ4v) is 3.53. The van der Waals surface area contributed by atoms with E-state index in [0.717, 1.165) is 16.8 Å². The van der Waals surface area contributed by atoms with Crippen molar-refractivity contribution in [1.29, 1.82) is 0 Å². The highest BCUT2D eigenvalue weighted by Crippen LogP contribution is 2.19. The Kier molecular flexibility index (Phi) is 5.35. The van der Waals surface area contributed by atoms with Gasteiger partial charge < -0.3 is 18.8 Å². The van der Waals surface area contributed by atoms with Crippen molar-refractivity contribution < 1.29 is 18.6 Å². The van der Waals surface area contributed by atoms with Crippen LogP contribution in [-0.4, -0.2) is 63.1 Å². The van der Waals surface area contributed by atoms with Crippen LogP contribution in [0.2, 0.25) is 0 Å². The minimum Gasteiger partial charge on any atom is -0.361 e. The summed E-state index contributed by atoms with van der Waals surface area (Å²) in [5.41, 5.74) is 2.94. The highest BCUT2D eigenvalue weighted by molar-refractivity contribution is 5.94. The average molecular weight is 409 g/mol. The molecule has 0 saturated carbocycles. The van der Waals surface area contributed by atoms with Crippen LogP contribution in [0.25, 0.3) is 11.5 Å². The number of hydrogen-bond acceptors (Lipinski definition) is 7. The third-order valence-electron chi connectivity index (χ3n) is 5.34. The van der Waals surface area contributed by atoms with E-state index in [4.69, 9.17) is 9.05 Å². The molecular formula is C21H23N5O4. The smallest absolute Gasteiger partial charge is 0.257 e. The van der Waals surface area contributed by atoms with E-state index in [1.165, 1.54) is 0 Å². The molecule has 156 valence electrons. The molecule has 9 nitrogen and oxygen atoms in total. The Hall–Kier alpha value is -3.49. The average Bonchev–Trinajstić information content (AvgIpc) is 3.34. The van der Waals surface area contributed by atoms with Crippen molar-refractivity contribution >= 4 is 11.8 Å². The van der Waals surface area contributed by atoms with E-state index < -0.39 is 0 Å². The van der Waals surface area contributed by atoms with Gasteiger partial charge in [0.25, 0.3) is 11.8 Å². The fraction of sp³-hybridized carbons (Fsp3) is 0.381. The number of rotatable bonds is 4. The van der Waals surface area contributed by atoms with Gasteiger partial charge in [0, 0.05) is 42.9 Å². The predicted octanol–water partition coefficient (Wildman–Crippen LogP) is 2.18. The first-order valence-electron chi connectivity index (χ1n) is 9.82. The summed E-state index contributed by atoms with van der Waals surface area (Å²) in [5, 5.41) is 7.67. The molecule has 0 radical (unpaired) electrons. The normalized spacial score (nSPS) is 14.2. The van der Waals surface area contributed by atoms with Crippen molar-refractivity contribution in [3.05, 3.63) is 52.7 Å². The summed E-state index contributed by atoms with van der Waals surface area (Å²) in [7, 11) is 0. The summed E-state index contributed by atoms with van der Waals surface area (Å²) in [6.07, 6.45) is 0.270. The van der Waals surface area contributed by atoms with Gasteiger partial charge in [-0.05, 0) is 45.0 Å². The first-order valence-corrected chi connectivity index (χ1v) is 9.82. The summed E-state index contributed by atoms with van der Waals surface area (Å²) in [6, 6.07) is 7.10. The summed E-state index contributed by atoms with van der Waals surface area (Å²) >= 11 is 0. The van der Waals surface area contributed by atoms with Gasteiger partial charge in [0.05, 0.1) is 12.1 Å². The van der Waals surface area contributed by atoms with Crippen LogP contribution in [0.5, 0.6) is 0 Å². The van der Waals surface area contributed by atoms with Crippen molar-refractivity contribution in [3.63, 3.8) is 0 Å². The van der Waals surface area contributed by atoms with Crippen LogP contribution in [-0.2, 0) is 11.2 Å². The maximum Gasteiger partial charge on any atom is 0.257 e. The number of benzene rings is 1. The lowest BCUT2D eigenvalue weighted by Crippen LogP contribution is -2.51. The van der Waals surface area contributed by atoms with Crippen molar-refractivity contribution in [1.82, 2.24) is 25.1 Å². The lowest BCUT2D eigenvalue weighted by atomic mass is 10.1. The predicted molar refractivity (Wildman–Crippen MR) is 107 cm³/mol. The maximum atomic E-state index is 12.8. The maximum absolute atomic E-state index is 12.8. The molecule has 0 aliphatic carbocycles. The summed E-state index contributed by atoms with van der Waals surface area (Å²) in [4.78, 5) is 33.2. The molecule has 2 amide bonds. The van der Waals surface area contributed by atoms with Gasteiger partial charge in [-0.15, -0.1) is 0 Å². The third-order valence-corrected chi connectivity index (χ3v) is 5.34. The number of aryl methyl sites for hydroxylation is 3. The summed E-state index contributed by atoms with van der Waals surface area (Å²) in [6.45, 7) is 7.41. The van der Waals surface area contributed by atoms with Gasteiger partial charge in [0.15, 0.2) is 5.82 Å². The Morgan fingerprint density at radius 1 is 0.933 bits per heavy atom. The van der Waals surface area contributed by atoms with E-state index >= 15 is 0 Å². The van der Waals surface area contributed by atoms with Gasteiger partial charge in [-0.25, -0.2) is 0 Å². The number of carbonyl (C=O) groups is 2. The van der Waals surface area contributed by atoms with Crippen molar-refractivity contribution in [2.45, 2.75) is 27.2 Å². The Labute approximate surface area is 173 Å². The molecular weight excluding hydrogens is 386 g/mol. The Balaban J connectivity index is 1.34. The molecule has 1 fully saturated rings. The minimum absolute atomic E-state index is 0.0238.